The van der Waals surface area contributed by atoms with Crippen molar-refractivity contribution in [2.24, 2.45) is 0 Å². The van der Waals surface area contributed by atoms with Gasteiger partial charge in [-0.15, -0.1) is 0 Å². The van der Waals surface area contributed by atoms with E-state index in [4.69, 9.17) is 0 Å². The Kier molecular flexibility index (Phi) is 6.81. The number of nitrogens with zero attached hydrogens (tertiary/aromatic N) is 6. The highest BCUT2D eigenvalue weighted by Crippen LogP contribution is 2.32. The van der Waals surface area contributed by atoms with Gasteiger partial charge in [0, 0.05) is 75.7 Å². The van der Waals surface area contributed by atoms with Gasteiger partial charge >= 0.3 is 0 Å². The molecule has 0 spiro atoms. The van der Waals surface area contributed by atoms with Crippen LogP contribution in [0.3, 0.4) is 0 Å². The van der Waals surface area contributed by atoms with Crippen molar-refractivity contribution in [1.82, 2.24) is 24.8 Å². The summed E-state index contributed by atoms with van der Waals surface area (Å²) >= 11 is 0. The summed E-state index contributed by atoms with van der Waals surface area (Å²) in [6.07, 6.45) is 11.2. The van der Waals surface area contributed by atoms with Gasteiger partial charge in [-0.05, 0) is 42.5 Å². The predicted molar refractivity (Wildman–Crippen MR) is 132 cm³/mol. The van der Waals surface area contributed by atoms with E-state index in [1.54, 1.807) is 25.5 Å². The molecule has 1 aromatic carbocycles. The van der Waals surface area contributed by atoms with Gasteiger partial charge in [0.15, 0.2) is 0 Å². The van der Waals surface area contributed by atoms with Crippen molar-refractivity contribution in [3.63, 3.8) is 0 Å². The highest BCUT2D eigenvalue weighted by molar-refractivity contribution is 5.94. The van der Waals surface area contributed by atoms with Crippen LogP contribution in [-0.4, -0.2) is 61.7 Å². The van der Waals surface area contributed by atoms with E-state index in [-0.39, 0.29) is 17.9 Å². The molecule has 8 heteroatoms. The van der Waals surface area contributed by atoms with Crippen molar-refractivity contribution in [2.45, 2.75) is 51.4 Å². The third kappa shape index (κ3) is 5.07. The van der Waals surface area contributed by atoms with Gasteiger partial charge in [0.1, 0.15) is 6.33 Å². The molecular weight excluding hydrogens is 440 g/mol. The molecule has 0 N–H and O–H groups in total. The van der Waals surface area contributed by atoms with E-state index in [0.29, 0.717) is 31.2 Å². The summed E-state index contributed by atoms with van der Waals surface area (Å²) in [4.78, 5) is 45.1. The van der Waals surface area contributed by atoms with Gasteiger partial charge in [-0.25, -0.2) is 9.97 Å². The molecule has 2 amide bonds. The lowest BCUT2D eigenvalue weighted by atomic mass is 10.1. The van der Waals surface area contributed by atoms with Crippen LogP contribution in [-0.2, 0) is 17.9 Å². The van der Waals surface area contributed by atoms with Crippen molar-refractivity contribution in [3.05, 3.63) is 84.2 Å². The first kappa shape index (κ1) is 23.1. The predicted octanol–water partition coefficient (Wildman–Crippen LogP) is 3.30. The summed E-state index contributed by atoms with van der Waals surface area (Å²) < 4.78 is 0. The number of hydrogen-bond acceptors (Lipinski definition) is 6. The van der Waals surface area contributed by atoms with Gasteiger partial charge in [0.25, 0.3) is 5.91 Å². The number of pyridine rings is 1. The monoisotopic (exact) mass is 470 g/mol. The van der Waals surface area contributed by atoms with Crippen LogP contribution in [0.15, 0.2) is 67.5 Å². The zero-order valence-corrected chi connectivity index (χ0v) is 20.0. The number of fused-ring (bicyclic) bond motifs is 3. The summed E-state index contributed by atoms with van der Waals surface area (Å²) in [5.74, 6) is -0.0850. The van der Waals surface area contributed by atoms with Gasteiger partial charge in [0.2, 0.25) is 5.91 Å². The van der Waals surface area contributed by atoms with Crippen LogP contribution in [0.5, 0.6) is 0 Å². The van der Waals surface area contributed by atoms with E-state index in [1.807, 2.05) is 46.3 Å². The lowest BCUT2D eigenvalue weighted by molar-refractivity contribution is -0.116. The molecule has 3 aromatic rings. The van der Waals surface area contributed by atoms with Crippen LogP contribution < -0.4 is 4.90 Å². The highest BCUT2D eigenvalue weighted by atomic mass is 16.2. The Balaban J connectivity index is 1.53. The largest absolute Gasteiger partial charge is 0.333 e. The molecule has 2 aromatic heterocycles. The molecule has 0 saturated carbocycles. The molecule has 0 aliphatic carbocycles. The average molecular weight is 471 g/mol. The number of benzene rings is 1. The van der Waals surface area contributed by atoms with Gasteiger partial charge in [-0.2, -0.15) is 0 Å². The third-order valence-corrected chi connectivity index (χ3v) is 7.09. The van der Waals surface area contributed by atoms with E-state index < -0.39 is 0 Å². The summed E-state index contributed by atoms with van der Waals surface area (Å²) in [6, 6.07) is 12.5. The van der Waals surface area contributed by atoms with Crippen LogP contribution in [0, 0.1) is 0 Å². The zero-order chi connectivity index (χ0) is 24.2. The number of rotatable bonds is 3. The van der Waals surface area contributed by atoms with E-state index in [9.17, 15) is 9.59 Å². The molecule has 2 bridgehead atoms. The number of amides is 2. The number of hydrogen-bond donors (Lipinski definition) is 0. The molecule has 180 valence electrons. The lowest BCUT2D eigenvalue weighted by Crippen LogP contribution is -2.45. The molecular formula is C27H30N6O2. The molecule has 2 aliphatic heterocycles. The Labute approximate surface area is 205 Å². The van der Waals surface area contributed by atoms with E-state index in [2.05, 4.69) is 25.9 Å². The van der Waals surface area contributed by atoms with Crippen LogP contribution in [0.1, 0.15) is 47.7 Å². The number of carbonyl (C=O) groups excluding carboxylic acids is 2. The number of anilines is 1. The zero-order valence-electron chi connectivity index (χ0n) is 20.0. The average Bonchev–Trinajstić information content (AvgIpc) is 3.24. The first-order valence-corrected chi connectivity index (χ1v) is 12.1. The van der Waals surface area contributed by atoms with Gasteiger partial charge in [-0.1, -0.05) is 24.3 Å². The molecule has 1 saturated heterocycles. The fourth-order valence-electron chi connectivity index (χ4n) is 5.39. The molecule has 2 aliphatic rings. The summed E-state index contributed by atoms with van der Waals surface area (Å²) in [5, 5.41) is 0. The minimum absolute atomic E-state index is 0.0133. The Morgan fingerprint density at radius 1 is 0.943 bits per heavy atom. The Morgan fingerprint density at radius 2 is 1.74 bits per heavy atom. The maximum Gasteiger partial charge on any atom is 0.257 e. The van der Waals surface area contributed by atoms with Crippen molar-refractivity contribution >= 4 is 17.5 Å². The van der Waals surface area contributed by atoms with Crippen LogP contribution in [0.25, 0.3) is 0 Å². The van der Waals surface area contributed by atoms with Crippen molar-refractivity contribution < 1.29 is 9.59 Å². The Hall–Kier alpha value is -3.65. The smallest absolute Gasteiger partial charge is 0.257 e. The summed E-state index contributed by atoms with van der Waals surface area (Å²) in [5.41, 5.74) is 3.46. The van der Waals surface area contributed by atoms with Crippen LogP contribution in [0.2, 0.25) is 0 Å². The molecule has 2 atom stereocenters. The molecule has 8 nitrogen and oxygen atoms in total. The van der Waals surface area contributed by atoms with Gasteiger partial charge in [0.05, 0.1) is 5.56 Å². The molecule has 4 heterocycles. The molecule has 1 fully saturated rings. The lowest BCUT2D eigenvalue weighted by Gasteiger charge is -2.33. The minimum atomic E-state index is -0.0983. The fourth-order valence-corrected chi connectivity index (χ4v) is 5.39. The standard InChI is InChI=1S/C27H30N6O2/c1-20(34)32-12-10-24-8-9-25(33(24)16-21-5-4-11-28-13-21)18-31(17-22-6-2-3-7-26(22)32)27(35)23-14-29-19-30-15-23/h2-7,11,13-15,19,24-25H,8-10,12,16-18H2,1H3. The molecule has 35 heavy (non-hydrogen) atoms. The van der Waals surface area contributed by atoms with E-state index in [0.717, 1.165) is 42.6 Å². The van der Waals surface area contributed by atoms with Gasteiger partial charge in [-0.3, -0.25) is 19.5 Å². The Morgan fingerprint density at radius 3 is 2.51 bits per heavy atom. The van der Waals surface area contributed by atoms with Crippen molar-refractivity contribution in [3.8, 4) is 0 Å². The second-order valence-corrected chi connectivity index (χ2v) is 9.32. The van der Waals surface area contributed by atoms with Crippen LogP contribution >= 0.6 is 0 Å². The maximum absolute atomic E-state index is 13.7. The van der Waals surface area contributed by atoms with E-state index >= 15 is 0 Å². The molecule has 5 rings (SSSR count). The number of carbonyl (C=O) groups is 2. The fraction of sp³-hybridized carbons (Fsp3) is 0.370. The molecule has 0 radical (unpaired) electrons. The SMILES string of the molecule is CC(=O)N1CCC2CCC(CN(C(=O)c3cncnc3)Cc3ccccc31)N2Cc1cccnc1. The number of aromatic nitrogens is 3. The Bertz CT molecular complexity index is 1170. The normalized spacial score (nSPS) is 20.7. The molecule has 2 unspecified atom stereocenters. The minimum Gasteiger partial charge on any atom is -0.333 e. The topological polar surface area (TPSA) is 82.5 Å². The summed E-state index contributed by atoms with van der Waals surface area (Å²) in [6.45, 7) is 4.04. The van der Waals surface area contributed by atoms with Gasteiger partial charge < -0.3 is 9.80 Å². The first-order chi connectivity index (χ1) is 17.1. The highest BCUT2D eigenvalue weighted by Gasteiger charge is 2.37. The van der Waals surface area contributed by atoms with Crippen LogP contribution in [0.4, 0.5) is 5.69 Å². The van der Waals surface area contributed by atoms with E-state index in [1.165, 1.54) is 6.33 Å². The summed E-state index contributed by atoms with van der Waals surface area (Å²) in [7, 11) is 0. The second-order valence-electron chi connectivity index (χ2n) is 9.32. The van der Waals surface area contributed by atoms with Crippen molar-refractivity contribution in [1.29, 1.82) is 0 Å². The third-order valence-electron chi connectivity index (χ3n) is 7.09. The quantitative estimate of drug-likeness (QED) is 0.584. The second kappa shape index (κ2) is 10.3. The number of para-hydroxylation sites is 1. The maximum atomic E-state index is 13.7. The first-order valence-electron chi connectivity index (χ1n) is 12.1. The van der Waals surface area contributed by atoms with Crippen molar-refractivity contribution in [2.75, 3.05) is 18.0 Å².